The van der Waals surface area contributed by atoms with Crippen molar-refractivity contribution in [2.24, 2.45) is 11.3 Å². The second-order valence-electron chi connectivity index (χ2n) is 6.54. The molecule has 0 radical (unpaired) electrons. The number of amides is 1. The molecule has 1 heterocycles. The van der Waals surface area contributed by atoms with E-state index in [9.17, 15) is 4.79 Å². The summed E-state index contributed by atoms with van der Waals surface area (Å²) in [5.74, 6) is 0.553. The molecule has 0 aromatic heterocycles. The first-order chi connectivity index (χ1) is 10.3. The SMILES string of the molecule is C/C(I)=C1/CN(OCc2ccccc2)C(=O)[C@@]1(C)CC(C)C. The quantitative estimate of drug-likeness (QED) is 0.654. The highest BCUT2D eigenvalue weighted by Gasteiger charge is 2.48. The molecule has 1 atom stereocenters. The molecule has 0 unspecified atom stereocenters. The van der Waals surface area contributed by atoms with Crippen molar-refractivity contribution >= 4 is 28.5 Å². The summed E-state index contributed by atoms with van der Waals surface area (Å²) in [6.45, 7) is 9.45. The molecule has 22 heavy (non-hydrogen) atoms. The van der Waals surface area contributed by atoms with Crippen LogP contribution in [0.25, 0.3) is 0 Å². The Morgan fingerprint density at radius 2 is 2.00 bits per heavy atom. The van der Waals surface area contributed by atoms with E-state index in [0.717, 1.165) is 12.0 Å². The van der Waals surface area contributed by atoms with Crippen molar-refractivity contribution in [2.75, 3.05) is 6.54 Å². The summed E-state index contributed by atoms with van der Waals surface area (Å²) in [6, 6.07) is 9.95. The van der Waals surface area contributed by atoms with Crippen LogP contribution in [0.5, 0.6) is 0 Å². The standard InChI is InChI=1S/C18H24INO2/c1-13(2)10-18(4)16(14(3)19)11-20(17(18)21)22-12-15-8-6-5-7-9-15/h5-9,13H,10-12H2,1-4H3/b16-14+/t18-/m0/s1. The first-order valence-electron chi connectivity index (χ1n) is 7.69. The van der Waals surface area contributed by atoms with Gasteiger partial charge in [-0.2, -0.15) is 0 Å². The molecule has 0 saturated carbocycles. The second kappa shape index (κ2) is 7.13. The maximum Gasteiger partial charge on any atom is 0.256 e. The number of halogens is 1. The van der Waals surface area contributed by atoms with Gasteiger partial charge in [0.25, 0.3) is 5.91 Å². The molecular weight excluding hydrogens is 389 g/mol. The molecule has 1 aliphatic heterocycles. The molecule has 1 aromatic rings. The number of carbonyl (C=O) groups is 1. The van der Waals surface area contributed by atoms with Gasteiger partial charge in [0, 0.05) is 0 Å². The zero-order chi connectivity index (χ0) is 16.3. The molecule has 1 aromatic carbocycles. The zero-order valence-electron chi connectivity index (χ0n) is 13.7. The van der Waals surface area contributed by atoms with E-state index in [4.69, 9.17) is 4.84 Å². The van der Waals surface area contributed by atoms with Gasteiger partial charge in [-0.25, -0.2) is 5.06 Å². The summed E-state index contributed by atoms with van der Waals surface area (Å²) in [5.41, 5.74) is 1.83. The fraction of sp³-hybridized carbons (Fsp3) is 0.500. The van der Waals surface area contributed by atoms with Gasteiger partial charge in [0.05, 0.1) is 12.0 Å². The Kier molecular flexibility index (Phi) is 5.66. The van der Waals surface area contributed by atoms with Gasteiger partial charge >= 0.3 is 0 Å². The van der Waals surface area contributed by atoms with Crippen LogP contribution in [0.2, 0.25) is 0 Å². The van der Waals surface area contributed by atoms with Crippen LogP contribution >= 0.6 is 22.6 Å². The third kappa shape index (κ3) is 3.71. The lowest BCUT2D eigenvalue weighted by Crippen LogP contribution is -2.34. The van der Waals surface area contributed by atoms with Crippen molar-refractivity contribution in [1.82, 2.24) is 5.06 Å². The number of hydrogen-bond donors (Lipinski definition) is 0. The number of rotatable bonds is 5. The van der Waals surface area contributed by atoms with Crippen LogP contribution in [0.3, 0.4) is 0 Å². The highest BCUT2D eigenvalue weighted by Crippen LogP contribution is 2.44. The van der Waals surface area contributed by atoms with Crippen molar-refractivity contribution < 1.29 is 9.63 Å². The third-order valence-electron chi connectivity index (χ3n) is 4.13. The molecule has 4 heteroatoms. The minimum atomic E-state index is -0.434. The maximum absolute atomic E-state index is 12.9. The molecule has 0 spiro atoms. The number of carbonyl (C=O) groups excluding carboxylic acids is 1. The van der Waals surface area contributed by atoms with E-state index in [1.54, 1.807) is 5.06 Å². The molecule has 1 aliphatic rings. The van der Waals surface area contributed by atoms with Crippen LogP contribution in [-0.4, -0.2) is 17.5 Å². The monoisotopic (exact) mass is 413 g/mol. The molecule has 0 aliphatic carbocycles. The molecule has 120 valence electrons. The summed E-state index contributed by atoms with van der Waals surface area (Å²) in [4.78, 5) is 18.7. The largest absolute Gasteiger partial charge is 0.272 e. The van der Waals surface area contributed by atoms with Gasteiger partial charge in [-0.15, -0.1) is 0 Å². The van der Waals surface area contributed by atoms with Crippen molar-refractivity contribution in [1.29, 1.82) is 0 Å². The number of benzene rings is 1. The second-order valence-corrected chi connectivity index (χ2v) is 8.16. The molecule has 0 bridgehead atoms. The van der Waals surface area contributed by atoms with E-state index in [1.165, 1.54) is 9.15 Å². The molecular formula is C18H24INO2. The molecule has 2 rings (SSSR count). The van der Waals surface area contributed by atoms with Crippen LogP contribution in [0.15, 0.2) is 39.5 Å². The minimum Gasteiger partial charge on any atom is -0.272 e. The lowest BCUT2D eigenvalue weighted by molar-refractivity contribution is -0.187. The van der Waals surface area contributed by atoms with E-state index in [1.807, 2.05) is 30.3 Å². The number of hydrogen-bond acceptors (Lipinski definition) is 2. The summed E-state index contributed by atoms with van der Waals surface area (Å²) >= 11 is 2.32. The van der Waals surface area contributed by atoms with Crippen molar-refractivity contribution in [3.8, 4) is 0 Å². The first-order valence-corrected chi connectivity index (χ1v) is 8.77. The van der Waals surface area contributed by atoms with Gasteiger partial charge in [0.2, 0.25) is 0 Å². The van der Waals surface area contributed by atoms with Gasteiger partial charge in [-0.05, 0) is 63.5 Å². The van der Waals surface area contributed by atoms with E-state index < -0.39 is 5.41 Å². The Bertz CT molecular complexity index is 564. The Labute approximate surface area is 146 Å². The number of allylic oxidation sites excluding steroid dienone is 1. The van der Waals surface area contributed by atoms with Crippen LogP contribution < -0.4 is 0 Å². The van der Waals surface area contributed by atoms with Crippen molar-refractivity contribution in [3.05, 3.63) is 45.0 Å². The van der Waals surface area contributed by atoms with Gasteiger partial charge in [-0.1, -0.05) is 44.2 Å². The average molecular weight is 413 g/mol. The third-order valence-corrected chi connectivity index (χ3v) is 4.78. The van der Waals surface area contributed by atoms with E-state index in [2.05, 4.69) is 50.3 Å². The molecule has 3 nitrogen and oxygen atoms in total. The predicted molar refractivity (Wildman–Crippen MR) is 97.2 cm³/mol. The molecule has 1 fully saturated rings. The topological polar surface area (TPSA) is 29.5 Å². The lowest BCUT2D eigenvalue weighted by Gasteiger charge is -2.26. The van der Waals surface area contributed by atoms with Crippen molar-refractivity contribution in [2.45, 2.75) is 40.7 Å². The number of nitrogens with zero attached hydrogens (tertiary/aromatic N) is 1. The Balaban J connectivity index is 2.15. The Morgan fingerprint density at radius 3 is 2.55 bits per heavy atom. The van der Waals surface area contributed by atoms with Crippen LogP contribution in [-0.2, 0) is 16.2 Å². The Hall–Kier alpha value is -0.880. The Morgan fingerprint density at radius 1 is 1.36 bits per heavy atom. The fourth-order valence-electron chi connectivity index (χ4n) is 3.14. The first kappa shape index (κ1) is 17.5. The van der Waals surface area contributed by atoms with Gasteiger partial charge < -0.3 is 0 Å². The normalized spacial score (nSPS) is 24.3. The van der Waals surface area contributed by atoms with Crippen LogP contribution in [0.4, 0.5) is 0 Å². The lowest BCUT2D eigenvalue weighted by atomic mass is 9.77. The van der Waals surface area contributed by atoms with Gasteiger partial charge in [0.1, 0.15) is 6.61 Å². The van der Waals surface area contributed by atoms with E-state index in [0.29, 0.717) is 19.1 Å². The van der Waals surface area contributed by atoms with Gasteiger partial charge in [-0.3, -0.25) is 9.63 Å². The molecule has 0 N–H and O–H groups in total. The average Bonchev–Trinajstić information content (AvgIpc) is 2.69. The predicted octanol–water partition coefficient (Wildman–Crippen LogP) is 4.72. The maximum atomic E-state index is 12.9. The smallest absolute Gasteiger partial charge is 0.256 e. The highest BCUT2D eigenvalue weighted by atomic mass is 127. The minimum absolute atomic E-state index is 0.0862. The summed E-state index contributed by atoms with van der Waals surface area (Å²) in [5, 5.41) is 1.55. The zero-order valence-corrected chi connectivity index (χ0v) is 15.9. The van der Waals surface area contributed by atoms with Crippen molar-refractivity contribution in [3.63, 3.8) is 0 Å². The summed E-state index contributed by atoms with van der Waals surface area (Å²) in [6.07, 6.45) is 0.854. The fourth-order valence-corrected chi connectivity index (χ4v) is 3.91. The highest BCUT2D eigenvalue weighted by molar-refractivity contribution is 14.1. The number of hydroxylamine groups is 2. The van der Waals surface area contributed by atoms with Crippen LogP contribution in [0.1, 0.15) is 39.7 Å². The molecule has 1 amide bonds. The summed E-state index contributed by atoms with van der Waals surface area (Å²) in [7, 11) is 0. The van der Waals surface area contributed by atoms with E-state index in [-0.39, 0.29) is 5.91 Å². The van der Waals surface area contributed by atoms with E-state index >= 15 is 0 Å². The van der Waals surface area contributed by atoms with Gasteiger partial charge in [0.15, 0.2) is 0 Å². The summed E-state index contributed by atoms with van der Waals surface area (Å²) < 4.78 is 1.19. The molecule has 1 saturated heterocycles. The van der Waals surface area contributed by atoms with Crippen LogP contribution in [0, 0.1) is 11.3 Å².